The SMILES string of the molecule is COCc1nc(Cl)cc(NCCc2ncn(C)n2)n1. The zero-order chi connectivity index (χ0) is 13.7. The van der Waals surface area contributed by atoms with E-state index in [1.54, 1.807) is 24.2 Å². The molecule has 8 heteroatoms. The van der Waals surface area contributed by atoms with E-state index in [1.165, 1.54) is 0 Å². The third-order valence-electron chi connectivity index (χ3n) is 2.32. The maximum Gasteiger partial charge on any atom is 0.158 e. The fourth-order valence-corrected chi connectivity index (χ4v) is 1.75. The molecule has 0 aliphatic carbocycles. The molecule has 0 saturated heterocycles. The van der Waals surface area contributed by atoms with Crippen LogP contribution in [0.4, 0.5) is 5.82 Å². The minimum Gasteiger partial charge on any atom is -0.377 e. The Morgan fingerprint density at radius 3 is 2.89 bits per heavy atom. The number of ether oxygens (including phenoxy) is 1. The van der Waals surface area contributed by atoms with E-state index in [0.717, 1.165) is 5.82 Å². The van der Waals surface area contributed by atoms with Crippen LogP contribution in [-0.2, 0) is 24.8 Å². The topological polar surface area (TPSA) is 77.8 Å². The van der Waals surface area contributed by atoms with Crippen molar-refractivity contribution in [2.24, 2.45) is 7.05 Å². The summed E-state index contributed by atoms with van der Waals surface area (Å²) in [4.78, 5) is 12.5. The molecule has 0 saturated carbocycles. The molecule has 0 aromatic carbocycles. The lowest BCUT2D eigenvalue weighted by Gasteiger charge is -2.06. The van der Waals surface area contributed by atoms with Crippen molar-refractivity contribution in [2.75, 3.05) is 19.0 Å². The Balaban J connectivity index is 1.91. The Labute approximate surface area is 116 Å². The Hall–Kier alpha value is -1.73. The second-order valence-electron chi connectivity index (χ2n) is 3.94. The van der Waals surface area contributed by atoms with E-state index in [-0.39, 0.29) is 0 Å². The van der Waals surface area contributed by atoms with E-state index in [2.05, 4.69) is 25.4 Å². The molecule has 2 heterocycles. The van der Waals surface area contributed by atoms with Crippen LogP contribution in [0.15, 0.2) is 12.4 Å². The Kier molecular flexibility index (Phi) is 4.64. The van der Waals surface area contributed by atoms with Gasteiger partial charge in [-0.1, -0.05) is 11.6 Å². The summed E-state index contributed by atoms with van der Waals surface area (Å²) in [6.45, 7) is 1.00. The van der Waals surface area contributed by atoms with Crippen molar-refractivity contribution < 1.29 is 4.74 Å². The average molecular weight is 283 g/mol. The molecule has 0 spiro atoms. The maximum absolute atomic E-state index is 5.91. The first-order chi connectivity index (χ1) is 9.17. The van der Waals surface area contributed by atoms with Crippen LogP contribution < -0.4 is 5.32 Å². The van der Waals surface area contributed by atoms with Crippen molar-refractivity contribution >= 4 is 17.4 Å². The lowest BCUT2D eigenvalue weighted by molar-refractivity contribution is 0.178. The predicted octanol–water partition coefficient (Wildman–Crippen LogP) is 1.06. The number of anilines is 1. The first-order valence-corrected chi connectivity index (χ1v) is 6.16. The molecular formula is C11H15ClN6O. The molecule has 0 aliphatic heterocycles. The standard InChI is InChI=1S/C11H15ClN6O/c1-18-7-14-9(17-18)3-4-13-10-5-8(12)15-11(16-10)6-19-2/h5,7H,3-4,6H2,1-2H3,(H,13,15,16). The molecule has 2 aromatic rings. The van der Waals surface area contributed by atoms with E-state index < -0.39 is 0 Å². The number of aryl methyl sites for hydroxylation is 1. The molecule has 2 aromatic heterocycles. The van der Waals surface area contributed by atoms with Crippen LogP contribution in [0.1, 0.15) is 11.6 Å². The zero-order valence-corrected chi connectivity index (χ0v) is 11.6. The van der Waals surface area contributed by atoms with Crippen LogP contribution in [0.5, 0.6) is 0 Å². The largest absolute Gasteiger partial charge is 0.377 e. The summed E-state index contributed by atoms with van der Waals surface area (Å²) in [7, 11) is 3.43. The fourth-order valence-electron chi connectivity index (χ4n) is 1.55. The van der Waals surface area contributed by atoms with E-state index in [0.29, 0.717) is 36.4 Å². The van der Waals surface area contributed by atoms with Gasteiger partial charge in [0, 0.05) is 33.2 Å². The Morgan fingerprint density at radius 2 is 2.21 bits per heavy atom. The highest BCUT2D eigenvalue weighted by Crippen LogP contribution is 2.12. The molecule has 0 radical (unpaired) electrons. The molecule has 7 nitrogen and oxygen atoms in total. The molecular weight excluding hydrogens is 268 g/mol. The average Bonchev–Trinajstić information content (AvgIpc) is 2.75. The highest BCUT2D eigenvalue weighted by Gasteiger charge is 2.04. The number of nitrogens with one attached hydrogen (secondary N) is 1. The van der Waals surface area contributed by atoms with Crippen LogP contribution >= 0.6 is 11.6 Å². The quantitative estimate of drug-likeness (QED) is 0.798. The van der Waals surface area contributed by atoms with Gasteiger partial charge in [-0.05, 0) is 0 Å². The first-order valence-electron chi connectivity index (χ1n) is 5.78. The van der Waals surface area contributed by atoms with Crippen molar-refractivity contribution in [3.63, 3.8) is 0 Å². The predicted molar refractivity (Wildman–Crippen MR) is 71.0 cm³/mol. The molecule has 1 N–H and O–H groups in total. The van der Waals surface area contributed by atoms with Gasteiger partial charge in [-0.2, -0.15) is 5.10 Å². The molecule has 0 unspecified atom stereocenters. The second kappa shape index (κ2) is 6.44. The highest BCUT2D eigenvalue weighted by molar-refractivity contribution is 6.29. The Bertz CT molecular complexity index is 544. The monoisotopic (exact) mass is 282 g/mol. The van der Waals surface area contributed by atoms with Gasteiger partial charge in [0.2, 0.25) is 0 Å². The van der Waals surface area contributed by atoms with E-state index in [4.69, 9.17) is 16.3 Å². The summed E-state index contributed by atoms with van der Waals surface area (Å²) in [5.74, 6) is 2.00. The normalized spacial score (nSPS) is 10.7. The molecule has 0 amide bonds. The molecule has 102 valence electrons. The summed E-state index contributed by atoms with van der Waals surface area (Å²) < 4.78 is 6.65. The molecule has 0 aliphatic rings. The number of aromatic nitrogens is 5. The van der Waals surface area contributed by atoms with Crippen LogP contribution in [0.3, 0.4) is 0 Å². The van der Waals surface area contributed by atoms with Gasteiger partial charge < -0.3 is 10.1 Å². The fraction of sp³-hybridized carbons (Fsp3) is 0.455. The number of nitrogens with zero attached hydrogens (tertiary/aromatic N) is 5. The van der Waals surface area contributed by atoms with Crippen molar-refractivity contribution in [1.82, 2.24) is 24.7 Å². The van der Waals surface area contributed by atoms with Gasteiger partial charge in [0.15, 0.2) is 11.6 Å². The molecule has 0 bridgehead atoms. The minimum absolute atomic E-state index is 0.330. The van der Waals surface area contributed by atoms with E-state index in [9.17, 15) is 0 Å². The molecule has 19 heavy (non-hydrogen) atoms. The van der Waals surface area contributed by atoms with Crippen molar-refractivity contribution in [3.8, 4) is 0 Å². The van der Waals surface area contributed by atoms with Gasteiger partial charge in [0.1, 0.15) is 23.9 Å². The molecule has 2 rings (SSSR count). The van der Waals surface area contributed by atoms with Crippen molar-refractivity contribution in [3.05, 3.63) is 29.2 Å². The third-order valence-corrected chi connectivity index (χ3v) is 2.51. The second-order valence-corrected chi connectivity index (χ2v) is 4.32. The summed E-state index contributed by atoms with van der Waals surface area (Å²) >= 11 is 5.91. The van der Waals surface area contributed by atoms with Gasteiger partial charge >= 0.3 is 0 Å². The van der Waals surface area contributed by atoms with Gasteiger partial charge in [-0.25, -0.2) is 15.0 Å². The Morgan fingerprint density at radius 1 is 1.37 bits per heavy atom. The number of hydrogen-bond acceptors (Lipinski definition) is 6. The lowest BCUT2D eigenvalue weighted by atomic mass is 10.4. The van der Waals surface area contributed by atoms with Crippen LogP contribution in [-0.4, -0.2) is 38.4 Å². The van der Waals surface area contributed by atoms with Crippen LogP contribution in [0, 0.1) is 0 Å². The minimum atomic E-state index is 0.330. The molecule has 0 fully saturated rings. The number of methoxy groups -OCH3 is 1. The summed E-state index contributed by atoms with van der Waals surface area (Å²) in [6.07, 6.45) is 2.38. The number of halogens is 1. The summed E-state index contributed by atoms with van der Waals surface area (Å²) in [5.41, 5.74) is 0. The highest BCUT2D eigenvalue weighted by atomic mass is 35.5. The van der Waals surface area contributed by atoms with E-state index in [1.807, 2.05) is 7.05 Å². The first kappa shape index (κ1) is 13.7. The molecule has 0 atom stereocenters. The maximum atomic E-state index is 5.91. The van der Waals surface area contributed by atoms with E-state index >= 15 is 0 Å². The zero-order valence-electron chi connectivity index (χ0n) is 10.8. The van der Waals surface area contributed by atoms with Crippen molar-refractivity contribution in [2.45, 2.75) is 13.0 Å². The smallest absolute Gasteiger partial charge is 0.158 e. The van der Waals surface area contributed by atoms with Gasteiger partial charge in [-0.15, -0.1) is 0 Å². The van der Waals surface area contributed by atoms with Crippen LogP contribution in [0.25, 0.3) is 0 Å². The van der Waals surface area contributed by atoms with Gasteiger partial charge in [0.05, 0.1) is 0 Å². The number of hydrogen-bond donors (Lipinski definition) is 1. The van der Waals surface area contributed by atoms with Gasteiger partial charge in [0.25, 0.3) is 0 Å². The lowest BCUT2D eigenvalue weighted by Crippen LogP contribution is -2.09. The van der Waals surface area contributed by atoms with Crippen molar-refractivity contribution in [1.29, 1.82) is 0 Å². The number of rotatable bonds is 6. The third kappa shape index (κ3) is 4.15. The summed E-state index contributed by atoms with van der Waals surface area (Å²) in [6, 6.07) is 1.67. The summed E-state index contributed by atoms with van der Waals surface area (Å²) in [5, 5.41) is 7.74. The van der Waals surface area contributed by atoms with Crippen LogP contribution in [0.2, 0.25) is 5.15 Å². The van der Waals surface area contributed by atoms with Gasteiger partial charge in [-0.3, -0.25) is 4.68 Å².